The molecular weight excluding hydrogens is 327 g/mol. The average Bonchev–Trinajstić information content (AvgIpc) is 3.05. The van der Waals surface area contributed by atoms with E-state index in [4.69, 9.17) is 0 Å². The van der Waals surface area contributed by atoms with Gasteiger partial charge in [-0.3, -0.25) is 0 Å². The Bertz CT molecular complexity index is 888. The Morgan fingerprint density at radius 2 is 1.88 bits per heavy atom. The topological polar surface area (TPSA) is 38.1 Å². The summed E-state index contributed by atoms with van der Waals surface area (Å²) >= 11 is 0. The molecule has 134 valence electrons. The van der Waals surface area contributed by atoms with Crippen LogP contribution in [0.5, 0.6) is 0 Å². The van der Waals surface area contributed by atoms with Crippen LogP contribution in [-0.4, -0.2) is 14.9 Å². The van der Waals surface area contributed by atoms with Crippen molar-refractivity contribution in [3.8, 4) is 5.69 Å². The molecule has 1 unspecified atom stereocenters. The molecule has 3 aromatic rings. The predicted octanol–water partition coefficient (Wildman–Crippen LogP) is 4.63. The van der Waals surface area contributed by atoms with E-state index in [1.165, 1.54) is 23.4 Å². The van der Waals surface area contributed by atoms with E-state index in [0.717, 1.165) is 36.9 Å². The van der Waals surface area contributed by atoms with Crippen molar-refractivity contribution in [3.63, 3.8) is 0 Å². The molecule has 0 bridgehead atoms. The second-order valence-corrected chi connectivity index (χ2v) is 7.62. The lowest BCUT2D eigenvalue weighted by Gasteiger charge is -2.35. The molecule has 26 heavy (non-hydrogen) atoms. The average molecular weight is 350 g/mol. The van der Waals surface area contributed by atoms with Crippen molar-refractivity contribution in [1.82, 2.24) is 9.78 Å². The highest BCUT2D eigenvalue weighted by atomic mass is 19.1. The van der Waals surface area contributed by atoms with Crippen molar-refractivity contribution in [2.45, 2.75) is 38.7 Å². The van der Waals surface area contributed by atoms with Crippen molar-refractivity contribution < 1.29 is 9.50 Å². The number of halogens is 1. The first-order valence-electron chi connectivity index (χ1n) is 9.09. The van der Waals surface area contributed by atoms with Crippen LogP contribution in [0.4, 0.5) is 4.39 Å². The molecule has 0 amide bonds. The Hall–Kier alpha value is -2.46. The van der Waals surface area contributed by atoms with Crippen molar-refractivity contribution in [2.75, 3.05) is 0 Å². The van der Waals surface area contributed by atoms with Crippen LogP contribution in [0.25, 0.3) is 5.69 Å². The zero-order valence-electron chi connectivity index (χ0n) is 14.9. The number of hydrogen-bond donors (Lipinski definition) is 1. The van der Waals surface area contributed by atoms with E-state index in [1.807, 2.05) is 41.2 Å². The maximum atomic E-state index is 13.2. The summed E-state index contributed by atoms with van der Waals surface area (Å²) in [7, 11) is 0. The third-order valence-corrected chi connectivity index (χ3v) is 5.48. The molecular formula is C22H23FN2O. The smallest absolute Gasteiger partial charge is 0.123 e. The maximum absolute atomic E-state index is 13.2. The predicted molar refractivity (Wildman–Crippen MR) is 99.7 cm³/mol. The van der Waals surface area contributed by atoms with E-state index >= 15 is 0 Å². The molecule has 0 spiro atoms. The quantitative estimate of drug-likeness (QED) is 0.745. The molecule has 0 saturated heterocycles. The van der Waals surface area contributed by atoms with Crippen LogP contribution in [0.15, 0.2) is 60.8 Å². The summed E-state index contributed by atoms with van der Waals surface area (Å²) in [5.41, 5.74) is 4.33. The number of hydrogen-bond acceptors (Lipinski definition) is 2. The van der Waals surface area contributed by atoms with Gasteiger partial charge in [-0.05, 0) is 66.5 Å². The summed E-state index contributed by atoms with van der Waals surface area (Å²) < 4.78 is 15.1. The fourth-order valence-corrected chi connectivity index (χ4v) is 4.03. The summed E-state index contributed by atoms with van der Waals surface area (Å²) in [5.74, 6) is -0.239. The van der Waals surface area contributed by atoms with Crippen LogP contribution < -0.4 is 0 Å². The van der Waals surface area contributed by atoms with Gasteiger partial charge in [0.15, 0.2) is 0 Å². The lowest BCUT2D eigenvalue weighted by Crippen LogP contribution is -2.28. The number of benzene rings is 2. The second kappa shape index (κ2) is 6.69. The number of fused-ring (bicyclic) bond motifs is 1. The minimum atomic E-state index is -0.449. The third kappa shape index (κ3) is 3.29. The summed E-state index contributed by atoms with van der Waals surface area (Å²) in [6.45, 7) is 2.25. The second-order valence-electron chi connectivity index (χ2n) is 7.62. The minimum Gasteiger partial charge on any atom is -0.388 e. The molecule has 0 radical (unpaired) electrons. The third-order valence-electron chi connectivity index (χ3n) is 5.48. The van der Waals surface area contributed by atoms with E-state index in [-0.39, 0.29) is 11.2 Å². The number of nitrogens with zero attached hydrogens (tertiary/aromatic N) is 2. The van der Waals surface area contributed by atoms with Gasteiger partial charge in [0.05, 0.1) is 18.0 Å². The van der Waals surface area contributed by atoms with Gasteiger partial charge >= 0.3 is 0 Å². The molecule has 4 heteroatoms. The monoisotopic (exact) mass is 350 g/mol. The van der Waals surface area contributed by atoms with Crippen molar-refractivity contribution in [3.05, 3.63) is 83.4 Å². The fraction of sp³-hybridized carbons (Fsp3) is 0.318. The van der Waals surface area contributed by atoms with Gasteiger partial charge in [0, 0.05) is 5.69 Å². The highest BCUT2D eigenvalue weighted by Crippen LogP contribution is 2.42. The van der Waals surface area contributed by atoms with Crippen LogP contribution in [0.3, 0.4) is 0 Å². The van der Waals surface area contributed by atoms with Gasteiger partial charge in [0.1, 0.15) is 5.82 Å². The van der Waals surface area contributed by atoms with E-state index in [2.05, 4.69) is 12.0 Å². The molecule has 1 N–H and O–H groups in total. The first-order chi connectivity index (χ1) is 12.5. The first-order valence-corrected chi connectivity index (χ1v) is 9.09. The number of aromatic nitrogens is 2. The zero-order valence-corrected chi connectivity index (χ0v) is 14.9. The van der Waals surface area contributed by atoms with Crippen molar-refractivity contribution in [1.29, 1.82) is 0 Å². The Balaban J connectivity index is 1.54. The lowest BCUT2D eigenvalue weighted by molar-refractivity contribution is 0.0965. The molecule has 2 aromatic carbocycles. The standard InChI is InChI=1S/C22H23FN2O/c1-22(14-21(26)16-5-3-2-4-6-16)12-11-20-17(13-22)15-24-25(20)19-9-7-18(23)8-10-19/h2-10,15,21,26H,11-14H2,1H3/t21?,22-/m1/s1. The molecule has 4 rings (SSSR count). The van der Waals surface area contributed by atoms with Gasteiger partial charge in [-0.1, -0.05) is 37.3 Å². The van der Waals surface area contributed by atoms with Crippen LogP contribution in [0.2, 0.25) is 0 Å². The van der Waals surface area contributed by atoms with Crippen molar-refractivity contribution >= 4 is 0 Å². The van der Waals surface area contributed by atoms with E-state index < -0.39 is 6.10 Å². The summed E-state index contributed by atoms with van der Waals surface area (Å²) in [5, 5.41) is 15.2. The lowest BCUT2D eigenvalue weighted by atomic mass is 9.71. The van der Waals surface area contributed by atoms with Crippen molar-refractivity contribution in [2.24, 2.45) is 5.41 Å². The summed E-state index contributed by atoms with van der Waals surface area (Å²) in [6, 6.07) is 16.3. The number of rotatable bonds is 4. The number of aliphatic hydroxyl groups excluding tert-OH is 1. The van der Waals surface area contributed by atoms with Gasteiger partial charge in [-0.2, -0.15) is 5.10 Å². The van der Waals surface area contributed by atoms with E-state index in [1.54, 1.807) is 12.1 Å². The van der Waals surface area contributed by atoms with Gasteiger partial charge < -0.3 is 5.11 Å². The molecule has 3 nitrogen and oxygen atoms in total. The van der Waals surface area contributed by atoms with Crippen LogP contribution in [-0.2, 0) is 12.8 Å². The minimum absolute atomic E-state index is 0.0406. The zero-order chi connectivity index (χ0) is 18.1. The highest BCUT2D eigenvalue weighted by Gasteiger charge is 2.34. The van der Waals surface area contributed by atoms with E-state index in [9.17, 15) is 9.50 Å². The normalized spacial score (nSPS) is 20.6. The van der Waals surface area contributed by atoms with Gasteiger partial charge in [0.25, 0.3) is 0 Å². The Labute approximate surface area is 153 Å². The molecule has 0 aliphatic heterocycles. The molecule has 2 atom stereocenters. The van der Waals surface area contributed by atoms with E-state index in [0.29, 0.717) is 0 Å². The Morgan fingerprint density at radius 3 is 2.62 bits per heavy atom. The maximum Gasteiger partial charge on any atom is 0.123 e. The number of aliphatic hydroxyl groups is 1. The molecule has 1 heterocycles. The first kappa shape index (κ1) is 17.0. The molecule has 1 aliphatic rings. The summed E-state index contributed by atoms with van der Waals surface area (Å²) in [4.78, 5) is 0. The molecule has 0 fully saturated rings. The fourth-order valence-electron chi connectivity index (χ4n) is 4.03. The van der Waals surface area contributed by atoms with Crippen LogP contribution in [0, 0.1) is 11.2 Å². The largest absolute Gasteiger partial charge is 0.388 e. The Kier molecular flexibility index (Phi) is 4.37. The van der Waals surface area contributed by atoms with Gasteiger partial charge in [-0.25, -0.2) is 9.07 Å². The SMILES string of the molecule is C[C@@]1(CC(O)c2ccccc2)CCc2c(cnn2-c2ccc(F)cc2)C1. The molecule has 1 aromatic heterocycles. The molecule has 0 saturated carbocycles. The molecule has 1 aliphatic carbocycles. The highest BCUT2D eigenvalue weighted by molar-refractivity contribution is 5.37. The Morgan fingerprint density at radius 1 is 1.15 bits per heavy atom. The summed E-state index contributed by atoms with van der Waals surface area (Å²) in [6.07, 6.45) is 5.01. The van der Waals surface area contributed by atoms with Crippen LogP contribution >= 0.6 is 0 Å². The van der Waals surface area contributed by atoms with Gasteiger partial charge in [0.2, 0.25) is 0 Å². The van der Waals surface area contributed by atoms with Crippen LogP contribution in [0.1, 0.15) is 42.7 Å². The van der Waals surface area contributed by atoms with Gasteiger partial charge in [-0.15, -0.1) is 0 Å².